The van der Waals surface area contributed by atoms with Crippen LogP contribution in [0.2, 0.25) is 0 Å². The van der Waals surface area contributed by atoms with E-state index in [1.54, 1.807) is 0 Å². The first-order chi connectivity index (χ1) is 8.79. The highest BCUT2D eigenvalue weighted by molar-refractivity contribution is 9.10. The van der Waals surface area contributed by atoms with Crippen molar-refractivity contribution < 1.29 is 17.2 Å². The van der Waals surface area contributed by atoms with Crippen LogP contribution in [0, 0.1) is 11.6 Å². The van der Waals surface area contributed by atoms with Crippen molar-refractivity contribution in [2.24, 2.45) is 0 Å². The fourth-order valence-corrected chi connectivity index (χ4v) is 4.39. The third-order valence-corrected chi connectivity index (χ3v) is 5.63. The highest BCUT2D eigenvalue weighted by Crippen LogP contribution is 2.32. The number of rotatable bonds is 3. The average molecular weight is 354 g/mol. The highest BCUT2D eigenvalue weighted by Gasteiger charge is 2.35. The molecule has 7 heteroatoms. The molecule has 3 nitrogen and oxygen atoms in total. The molecule has 1 fully saturated rings. The molecule has 2 unspecified atom stereocenters. The van der Waals surface area contributed by atoms with Gasteiger partial charge in [0.25, 0.3) is 0 Å². The van der Waals surface area contributed by atoms with Gasteiger partial charge >= 0.3 is 0 Å². The van der Waals surface area contributed by atoms with Crippen LogP contribution in [-0.2, 0) is 9.84 Å². The van der Waals surface area contributed by atoms with Gasteiger partial charge in [-0.15, -0.1) is 0 Å². The van der Waals surface area contributed by atoms with Crippen molar-refractivity contribution in [3.63, 3.8) is 0 Å². The van der Waals surface area contributed by atoms with Crippen LogP contribution in [0.15, 0.2) is 16.6 Å². The van der Waals surface area contributed by atoms with Crippen LogP contribution in [0.3, 0.4) is 0 Å². The van der Waals surface area contributed by atoms with Crippen molar-refractivity contribution in [2.75, 3.05) is 11.6 Å². The Labute approximate surface area is 119 Å². The maximum atomic E-state index is 13.7. The van der Waals surface area contributed by atoms with E-state index in [1.807, 2.05) is 0 Å². The van der Waals surface area contributed by atoms with Gasteiger partial charge in [-0.1, -0.05) is 0 Å². The second-order valence-electron chi connectivity index (χ2n) is 4.79. The molecule has 106 valence electrons. The van der Waals surface area contributed by atoms with Gasteiger partial charge in [-0.3, -0.25) is 0 Å². The Balaban J connectivity index is 2.27. The largest absolute Gasteiger partial charge is 0.378 e. The Hall–Kier alpha value is -0.690. The smallest absolute Gasteiger partial charge is 0.152 e. The molecule has 0 saturated heterocycles. The predicted octanol–water partition coefficient (Wildman–Crippen LogP) is 3.10. The van der Waals surface area contributed by atoms with E-state index in [0.29, 0.717) is 12.8 Å². The summed E-state index contributed by atoms with van der Waals surface area (Å²) in [4.78, 5) is 0. The molecule has 0 heterocycles. The summed E-state index contributed by atoms with van der Waals surface area (Å²) in [5.74, 6) is -1.41. The van der Waals surface area contributed by atoms with Crippen molar-refractivity contribution in [3.8, 4) is 0 Å². The molecule has 1 aromatic rings. The first kappa shape index (κ1) is 14.7. The zero-order chi connectivity index (χ0) is 14.2. The molecule has 2 atom stereocenters. The number of sulfone groups is 1. The lowest BCUT2D eigenvalue weighted by Gasteiger charge is -2.21. The van der Waals surface area contributed by atoms with Crippen LogP contribution in [0.5, 0.6) is 0 Å². The normalized spacial score (nSPS) is 23.6. The molecule has 2 rings (SSSR count). The van der Waals surface area contributed by atoms with E-state index in [0.717, 1.165) is 18.6 Å². The second-order valence-corrected chi connectivity index (χ2v) is 7.91. The fourth-order valence-electron chi connectivity index (χ4n) is 2.47. The molecule has 0 bridgehead atoms. The molecule has 1 aromatic carbocycles. The number of hydrogen-bond acceptors (Lipinski definition) is 3. The molecule has 1 aliphatic carbocycles. The van der Waals surface area contributed by atoms with Crippen molar-refractivity contribution in [3.05, 3.63) is 28.2 Å². The Morgan fingerprint density at radius 3 is 2.58 bits per heavy atom. The first-order valence-corrected chi connectivity index (χ1v) is 8.64. The third-order valence-electron chi connectivity index (χ3n) is 3.34. The van der Waals surface area contributed by atoms with Gasteiger partial charge in [-0.25, -0.2) is 17.2 Å². The maximum Gasteiger partial charge on any atom is 0.152 e. The lowest BCUT2D eigenvalue weighted by atomic mass is 10.2. The number of benzene rings is 1. The van der Waals surface area contributed by atoms with Gasteiger partial charge < -0.3 is 5.32 Å². The van der Waals surface area contributed by atoms with Gasteiger partial charge in [0.05, 0.1) is 10.9 Å². The van der Waals surface area contributed by atoms with Crippen molar-refractivity contribution >= 4 is 31.5 Å². The number of halogens is 3. The molecule has 0 aromatic heterocycles. The molecule has 0 aliphatic heterocycles. The SMILES string of the molecule is CS(=O)(=O)C1CCCC1Nc1c(F)cc(F)cc1Br. The molecule has 0 amide bonds. The predicted molar refractivity (Wildman–Crippen MR) is 74.0 cm³/mol. The van der Waals surface area contributed by atoms with Gasteiger partial charge in [0.15, 0.2) is 9.84 Å². The summed E-state index contributed by atoms with van der Waals surface area (Å²) in [5.41, 5.74) is 0.113. The highest BCUT2D eigenvalue weighted by atomic mass is 79.9. The lowest BCUT2D eigenvalue weighted by Crippen LogP contribution is -2.34. The van der Waals surface area contributed by atoms with Gasteiger partial charge in [-0.2, -0.15) is 0 Å². The van der Waals surface area contributed by atoms with Gasteiger partial charge in [0.2, 0.25) is 0 Å². The zero-order valence-corrected chi connectivity index (χ0v) is 12.7. The van der Waals surface area contributed by atoms with Gasteiger partial charge in [0.1, 0.15) is 11.6 Å². The Kier molecular flexibility index (Phi) is 4.15. The molecule has 1 aliphatic rings. The minimum atomic E-state index is -3.18. The van der Waals surface area contributed by atoms with Crippen molar-refractivity contribution in [1.29, 1.82) is 0 Å². The van der Waals surface area contributed by atoms with Crippen LogP contribution in [0.4, 0.5) is 14.5 Å². The summed E-state index contributed by atoms with van der Waals surface area (Å²) in [6.45, 7) is 0. The standard InChI is InChI=1S/C12H14BrF2NO2S/c1-19(17,18)11-4-2-3-10(11)16-12-8(13)5-7(14)6-9(12)15/h5-6,10-11,16H,2-4H2,1H3. The average Bonchev–Trinajstić information content (AvgIpc) is 2.70. The van der Waals surface area contributed by atoms with Crippen LogP contribution >= 0.6 is 15.9 Å². The molecular weight excluding hydrogens is 340 g/mol. The second kappa shape index (κ2) is 5.36. The Morgan fingerprint density at radius 2 is 2.00 bits per heavy atom. The zero-order valence-electron chi connectivity index (χ0n) is 10.3. The molecule has 1 saturated carbocycles. The summed E-state index contributed by atoms with van der Waals surface area (Å²) in [7, 11) is -3.18. The topological polar surface area (TPSA) is 46.2 Å². The van der Waals surface area contributed by atoms with E-state index in [9.17, 15) is 17.2 Å². The van der Waals surface area contributed by atoms with E-state index < -0.39 is 26.7 Å². The third kappa shape index (κ3) is 3.25. The minimum Gasteiger partial charge on any atom is -0.378 e. The van der Waals surface area contributed by atoms with Gasteiger partial charge in [-0.05, 0) is 41.3 Å². The van der Waals surface area contributed by atoms with Crippen molar-refractivity contribution in [1.82, 2.24) is 0 Å². The van der Waals surface area contributed by atoms with E-state index >= 15 is 0 Å². The van der Waals surface area contributed by atoms with Crippen molar-refractivity contribution in [2.45, 2.75) is 30.6 Å². The minimum absolute atomic E-state index is 0.113. The summed E-state index contributed by atoms with van der Waals surface area (Å²) in [6, 6.07) is 1.58. The molecule has 1 N–H and O–H groups in total. The van der Waals surface area contributed by atoms with E-state index in [4.69, 9.17) is 0 Å². The summed E-state index contributed by atoms with van der Waals surface area (Å²) in [5, 5.41) is 2.37. The van der Waals surface area contributed by atoms with Crippen LogP contribution in [-0.4, -0.2) is 26.0 Å². The van der Waals surface area contributed by atoms with Crippen LogP contribution in [0.25, 0.3) is 0 Å². The quantitative estimate of drug-likeness (QED) is 0.907. The van der Waals surface area contributed by atoms with E-state index in [1.165, 1.54) is 6.26 Å². The fraction of sp³-hybridized carbons (Fsp3) is 0.500. The summed E-state index contributed by atoms with van der Waals surface area (Å²) >= 11 is 3.08. The van der Waals surface area contributed by atoms with Crippen LogP contribution in [0.1, 0.15) is 19.3 Å². The molecule has 0 radical (unpaired) electrons. The Morgan fingerprint density at radius 1 is 1.32 bits per heavy atom. The molecule has 0 spiro atoms. The molecule has 19 heavy (non-hydrogen) atoms. The lowest BCUT2D eigenvalue weighted by molar-refractivity contribution is 0.571. The summed E-state index contributed by atoms with van der Waals surface area (Å²) < 4.78 is 50.3. The maximum absolute atomic E-state index is 13.7. The monoisotopic (exact) mass is 353 g/mol. The van der Waals surface area contributed by atoms with E-state index in [2.05, 4.69) is 21.2 Å². The van der Waals surface area contributed by atoms with Gasteiger partial charge in [0, 0.05) is 22.8 Å². The molecular formula is C12H14BrF2NO2S. The van der Waals surface area contributed by atoms with E-state index in [-0.39, 0.29) is 16.2 Å². The number of hydrogen-bond donors (Lipinski definition) is 1. The summed E-state index contributed by atoms with van der Waals surface area (Å²) in [6.07, 6.45) is 3.18. The Bertz CT molecular complexity index is 568. The van der Waals surface area contributed by atoms with Crippen LogP contribution < -0.4 is 5.32 Å². The number of nitrogens with one attached hydrogen (secondary N) is 1. The first-order valence-electron chi connectivity index (χ1n) is 5.89. The number of anilines is 1.